The highest BCUT2D eigenvalue weighted by Crippen LogP contribution is 2.27. The van der Waals surface area contributed by atoms with E-state index in [0.717, 1.165) is 43.5 Å². The summed E-state index contributed by atoms with van der Waals surface area (Å²) in [5, 5.41) is 2.13. The van der Waals surface area contributed by atoms with Crippen LogP contribution in [0.25, 0.3) is 0 Å². The van der Waals surface area contributed by atoms with E-state index in [1.54, 1.807) is 0 Å². The van der Waals surface area contributed by atoms with Crippen molar-refractivity contribution in [1.82, 2.24) is 4.90 Å². The van der Waals surface area contributed by atoms with E-state index in [1.807, 2.05) is 54.6 Å². The first-order valence-electron chi connectivity index (χ1n) is 8.76. The molecule has 2 aromatic rings. The number of nitrogens with zero attached hydrogens (tertiary/aromatic N) is 2. The number of para-hydroxylation sites is 1. The van der Waals surface area contributed by atoms with Crippen molar-refractivity contribution in [3.8, 4) is 0 Å². The van der Waals surface area contributed by atoms with E-state index in [1.165, 1.54) is 11.3 Å². The third-order valence-corrected chi connectivity index (χ3v) is 5.74. The van der Waals surface area contributed by atoms with Crippen LogP contribution in [-0.4, -0.2) is 37.5 Å². The summed E-state index contributed by atoms with van der Waals surface area (Å²) < 4.78 is 0. The van der Waals surface area contributed by atoms with Crippen LogP contribution in [-0.2, 0) is 6.42 Å². The zero-order valence-electron chi connectivity index (χ0n) is 14.6. The van der Waals surface area contributed by atoms with Crippen molar-refractivity contribution in [1.29, 1.82) is 0 Å². The molecular weight excluding hydrogens is 316 g/mol. The number of carbonyl (C=O) groups excluding carboxylic acids is 1. The molecule has 1 aliphatic heterocycles. The smallest absolute Gasteiger partial charge is 0.256 e. The lowest BCUT2D eigenvalue weighted by atomic mass is 9.96. The number of hydrogen-bond acceptors (Lipinski definition) is 3. The van der Waals surface area contributed by atoms with E-state index in [9.17, 15) is 4.79 Å². The topological polar surface area (TPSA) is 23.6 Å². The summed E-state index contributed by atoms with van der Waals surface area (Å²) in [6.45, 7) is 0.885. The Labute approximate surface area is 148 Å². The molecule has 3 nitrogen and oxygen atoms in total. The van der Waals surface area contributed by atoms with Crippen LogP contribution in [0.4, 0.5) is 5.69 Å². The highest BCUT2D eigenvalue weighted by atomic mass is 32.1. The monoisotopic (exact) mass is 342 g/mol. The number of amides is 1. The number of anilines is 1. The van der Waals surface area contributed by atoms with Crippen LogP contribution in [0.3, 0.4) is 0 Å². The molecule has 0 aliphatic carbocycles. The summed E-state index contributed by atoms with van der Waals surface area (Å²) >= 11 is 1.81. The lowest BCUT2D eigenvalue weighted by Gasteiger charge is -2.36. The fraction of sp³-hybridized carbons (Fsp3) is 0.450. The highest BCUT2D eigenvalue weighted by Gasteiger charge is 2.28. The van der Waals surface area contributed by atoms with Gasteiger partial charge in [-0.1, -0.05) is 18.2 Å². The number of likely N-dealkylation sites (tertiary alicyclic amines) is 1. The van der Waals surface area contributed by atoms with Crippen LogP contribution in [0.1, 0.15) is 40.9 Å². The molecule has 1 atom stereocenters. The quantitative estimate of drug-likeness (QED) is 0.802. The molecule has 1 amide bonds. The first kappa shape index (κ1) is 17.0. The van der Waals surface area contributed by atoms with E-state index in [-0.39, 0.29) is 5.91 Å². The van der Waals surface area contributed by atoms with Gasteiger partial charge >= 0.3 is 0 Å². The Kier molecular flexibility index (Phi) is 5.56. The maximum Gasteiger partial charge on any atom is 0.256 e. The van der Waals surface area contributed by atoms with Crippen molar-refractivity contribution in [2.45, 2.75) is 38.1 Å². The second-order valence-electron chi connectivity index (χ2n) is 6.68. The Morgan fingerprint density at radius 3 is 2.79 bits per heavy atom. The zero-order chi connectivity index (χ0) is 16.9. The Bertz CT molecular complexity index is 666. The molecule has 0 radical (unpaired) electrons. The first-order valence-corrected chi connectivity index (χ1v) is 9.64. The van der Waals surface area contributed by atoms with E-state index < -0.39 is 0 Å². The average Bonchev–Trinajstić information content (AvgIpc) is 3.13. The molecule has 2 heterocycles. The number of benzene rings is 1. The van der Waals surface area contributed by atoms with Crippen LogP contribution in [0.15, 0.2) is 41.8 Å². The number of hydrogen-bond donors (Lipinski definition) is 0. The molecule has 1 saturated heterocycles. The maximum absolute atomic E-state index is 13.2. The van der Waals surface area contributed by atoms with E-state index in [0.29, 0.717) is 6.04 Å². The van der Waals surface area contributed by atoms with Gasteiger partial charge in [0.15, 0.2) is 0 Å². The van der Waals surface area contributed by atoms with Crippen molar-refractivity contribution in [2.24, 2.45) is 0 Å². The van der Waals surface area contributed by atoms with Gasteiger partial charge in [-0.05, 0) is 55.7 Å². The molecule has 0 N–H and O–H groups in total. The van der Waals surface area contributed by atoms with Crippen LogP contribution in [0.5, 0.6) is 0 Å². The SMILES string of the molecule is CN(C)c1ccccc1C(=O)N1CCCC[C@@H]1CCc1cccs1. The molecule has 0 unspecified atom stereocenters. The van der Waals surface area contributed by atoms with Gasteiger partial charge in [-0.3, -0.25) is 4.79 Å². The summed E-state index contributed by atoms with van der Waals surface area (Å²) in [6.07, 6.45) is 5.61. The zero-order valence-corrected chi connectivity index (χ0v) is 15.4. The lowest BCUT2D eigenvalue weighted by Crippen LogP contribution is -2.44. The number of aryl methyl sites for hydroxylation is 1. The molecule has 0 spiro atoms. The third kappa shape index (κ3) is 3.81. The standard InChI is InChI=1S/C20H26N2OS/c1-21(2)19-11-4-3-10-18(19)20(23)22-14-6-5-8-16(22)12-13-17-9-7-15-24-17/h3-4,7,9-11,15-16H,5-6,8,12-14H2,1-2H3/t16-/m1/s1. The van der Waals surface area contributed by atoms with Gasteiger partial charge < -0.3 is 9.80 Å². The molecule has 1 aliphatic rings. The Hall–Kier alpha value is -1.81. The second-order valence-corrected chi connectivity index (χ2v) is 7.71. The summed E-state index contributed by atoms with van der Waals surface area (Å²) in [5.74, 6) is 0.190. The fourth-order valence-electron chi connectivity index (χ4n) is 3.53. The lowest BCUT2D eigenvalue weighted by molar-refractivity contribution is 0.0603. The van der Waals surface area contributed by atoms with Gasteiger partial charge in [0, 0.05) is 37.2 Å². The highest BCUT2D eigenvalue weighted by molar-refractivity contribution is 7.09. The predicted molar refractivity (Wildman–Crippen MR) is 102 cm³/mol. The minimum absolute atomic E-state index is 0.190. The summed E-state index contributed by atoms with van der Waals surface area (Å²) in [7, 11) is 3.99. The van der Waals surface area contributed by atoms with Crippen molar-refractivity contribution < 1.29 is 4.79 Å². The molecule has 1 aromatic carbocycles. The molecule has 1 aromatic heterocycles. The molecule has 3 rings (SSSR count). The number of carbonyl (C=O) groups is 1. The van der Waals surface area contributed by atoms with Gasteiger partial charge in [0.1, 0.15) is 0 Å². The Balaban J connectivity index is 1.76. The van der Waals surface area contributed by atoms with Gasteiger partial charge in [-0.25, -0.2) is 0 Å². The maximum atomic E-state index is 13.2. The third-order valence-electron chi connectivity index (χ3n) is 4.81. The van der Waals surface area contributed by atoms with Gasteiger partial charge in [-0.2, -0.15) is 0 Å². The van der Waals surface area contributed by atoms with Crippen molar-refractivity contribution in [2.75, 3.05) is 25.5 Å². The first-order chi connectivity index (χ1) is 11.7. The van der Waals surface area contributed by atoms with Gasteiger partial charge in [0.2, 0.25) is 0 Å². The molecule has 128 valence electrons. The van der Waals surface area contributed by atoms with Crippen LogP contribution in [0, 0.1) is 0 Å². The molecule has 0 saturated carbocycles. The summed E-state index contributed by atoms with van der Waals surface area (Å²) in [5.41, 5.74) is 1.83. The van der Waals surface area contributed by atoms with E-state index in [2.05, 4.69) is 22.4 Å². The predicted octanol–water partition coefficient (Wildman–Crippen LogP) is 4.44. The minimum Gasteiger partial charge on any atom is -0.377 e. The molecule has 24 heavy (non-hydrogen) atoms. The Morgan fingerprint density at radius 1 is 1.21 bits per heavy atom. The van der Waals surface area contributed by atoms with Crippen LogP contribution in [0.2, 0.25) is 0 Å². The second kappa shape index (κ2) is 7.84. The van der Waals surface area contributed by atoms with Crippen molar-refractivity contribution in [3.05, 3.63) is 52.2 Å². The summed E-state index contributed by atoms with van der Waals surface area (Å²) in [6, 6.07) is 12.6. The van der Waals surface area contributed by atoms with Crippen molar-refractivity contribution in [3.63, 3.8) is 0 Å². The fourth-order valence-corrected chi connectivity index (χ4v) is 4.26. The molecule has 4 heteroatoms. The number of rotatable bonds is 5. The van der Waals surface area contributed by atoms with Gasteiger partial charge in [0.05, 0.1) is 5.56 Å². The molecule has 0 bridgehead atoms. The van der Waals surface area contributed by atoms with Crippen LogP contribution >= 0.6 is 11.3 Å². The minimum atomic E-state index is 0.190. The number of thiophene rings is 1. The van der Waals surface area contributed by atoms with E-state index in [4.69, 9.17) is 0 Å². The van der Waals surface area contributed by atoms with Gasteiger partial charge in [-0.15, -0.1) is 11.3 Å². The van der Waals surface area contributed by atoms with E-state index >= 15 is 0 Å². The molecule has 1 fully saturated rings. The Morgan fingerprint density at radius 2 is 2.04 bits per heavy atom. The van der Waals surface area contributed by atoms with Crippen molar-refractivity contribution >= 4 is 22.9 Å². The summed E-state index contributed by atoms with van der Waals surface area (Å²) in [4.78, 5) is 18.8. The largest absolute Gasteiger partial charge is 0.377 e. The number of piperidine rings is 1. The van der Waals surface area contributed by atoms with Gasteiger partial charge in [0.25, 0.3) is 5.91 Å². The average molecular weight is 343 g/mol. The van der Waals surface area contributed by atoms with Crippen LogP contribution < -0.4 is 4.90 Å². The normalized spacial score (nSPS) is 17.8. The molecular formula is C20H26N2OS.